The van der Waals surface area contributed by atoms with Gasteiger partial charge < -0.3 is 4.98 Å². The number of halogens is 1. The predicted molar refractivity (Wildman–Crippen MR) is 204 cm³/mol. The van der Waals surface area contributed by atoms with Gasteiger partial charge in [-0.15, -0.1) is 0 Å². The summed E-state index contributed by atoms with van der Waals surface area (Å²) in [6.07, 6.45) is 7.91. The van der Waals surface area contributed by atoms with Crippen LogP contribution in [0.4, 0.5) is 4.39 Å². The first-order chi connectivity index (χ1) is 27.4. The Morgan fingerprint density at radius 1 is 0.696 bits per heavy atom. The van der Waals surface area contributed by atoms with Crippen LogP contribution in [0, 0.1) is 5.82 Å². The first kappa shape index (κ1) is 31.8. The fourth-order valence-electron chi connectivity index (χ4n) is 7.74. The van der Waals surface area contributed by atoms with Crippen LogP contribution in [0.15, 0.2) is 120 Å². The van der Waals surface area contributed by atoms with E-state index in [1.807, 2.05) is 66.5 Å². The summed E-state index contributed by atoms with van der Waals surface area (Å²) in [7, 11) is 1.89. The zero-order chi connectivity index (χ0) is 37.7. The first-order valence-corrected chi connectivity index (χ1v) is 17.7. The Balaban J connectivity index is 1.07. The molecule has 7 aromatic heterocycles. The van der Waals surface area contributed by atoms with E-state index in [2.05, 4.69) is 24.9 Å². The maximum Gasteiger partial charge on any atom is 0.336 e. The molecule has 11 rings (SSSR count). The Kier molecular flexibility index (Phi) is 6.78. The number of para-hydroxylation sites is 4. The average Bonchev–Trinajstić information content (AvgIpc) is 3.99. The van der Waals surface area contributed by atoms with Crippen molar-refractivity contribution in [1.29, 1.82) is 0 Å². The maximum atomic E-state index is 15.2. The summed E-state index contributed by atoms with van der Waals surface area (Å²) in [5.41, 5.74) is 5.40. The highest BCUT2D eigenvalue weighted by atomic mass is 19.1. The summed E-state index contributed by atoms with van der Waals surface area (Å²) in [5, 5.41) is 0. The number of benzene rings is 3. The molecule has 17 heteroatoms. The number of hydrogen-bond donors (Lipinski definition) is 1. The minimum absolute atomic E-state index is 0.267. The smallest absolute Gasteiger partial charge is 0.303 e. The molecule has 1 atom stereocenters. The van der Waals surface area contributed by atoms with Crippen molar-refractivity contribution in [2.75, 3.05) is 13.6 Å². The minimum atomic E-state index is -0.580. The second-order valence-electron chi connectivity index (χ2n) is 13.6. The SMILES string of the molecule is CN1Cc2c(F)cccc2C(n2c(=O)n(-c3ccc(-n4c(=O)[nH]c5cnc(-n6cnc7ccccc76)nc54)cn3)c3cnc(-n4cnc5ccccc54)nc32)C1. The number of rotatable bonds is 5. The molecule has 8 heterocycles. The molecule has 0 saturated heterocycles. The molecule has 1 N–H and O–H groups in total. The lowest BCUT2D eigenvalue weighted by Crippen LogP contribution is -2.38. The van der Waals surface area contributed by atoms with Crippen LogP contribution in [0.2, 0.25) is 0 Å². The fraction of sp³-hybridized carbons (Fsp3) is 0.103. The lowest BCUT2D eigenvalue weighted by Gasteiger charge is -2.32. The van der Waals surface area contributed by atoms with Crippen LogP contribution in [0.1, 0.15) is 17.2 Å². The zero-order valence-corrected chi connectivity index (χ0v) is 29.4. The number of imidazole rings is 4. The number of likely N-dealkylation sites (N-methyl/N-ethyl adjacent to an activating group) is 1. The molecule has 0 spiro atoms. The summed E-state index contributed by atoms with van der Waals surface area (Å²) >= 11 is 0. The molecule has 56 heavy (non-hydrogen) atoms. The molecule has 1 aliphatic heterocycles. The second kappa shape index (κ2) is 11.9. The molecular weight excluding hydrogens is 716 g/mol. The number of aromatic nitrogens is 13. The number of fused-ring (bicyclic) bond motifs is 5. The fourth-order valence-corrected chi connectivity index (χ4v) is 7.74. The molecule has 0 radical (unpaired) electrons. The van der Waals surface area contributed by atoms with E-state index in [-0.39, 0.29) is 11.6 Å². The van der Waals surface area contributed by atoms with Crippen LogP contribution in [-0.2, 0) is 6.54 Å². The van der Waals surface area contributed by atoms with Crippen molar-refractivity contribution in [2.24, 2.45) is 0 Å². The number of nitrogens with one attached hydrogen (secondary N) is 1. The van der Waals surface area contributed by atoms with Crippen molar-refractivity contribution in [3.63, 3.8) is 0 Å². The van der Waals surface area contributed by atoms with Gasteiger partial charge in [-0.25, -0.2) is 48.0 Å². The van der Waals surface area contributed by atoms with E-state index in [1.54, 1.807) is 56.9 Å². The van der Waals surface area contributed by atoms with Crippen molar-refractivity contribution in [1.82, 2.24) is 67.6 Å². The van der Waals surface area contributed by atoms with Gasteiger partial charge >= 0.3 is 11.4 Å². The zero-order valence-electron chi connectivity index (χ0n) is 29.4. The normalized spacial score (nSPS) is 14.7. The van der Waals surface area contributed by atoms with Crippen LogP contribution in [0.25, 0.3) is 67.8 Å². The lowest BCUT2D eigenvalue weighted by atomic mass is 9.95. The van der Waals surface area contributed by atoms with E-state index < -0.39 is 17.4 Å². The van der Waals surface area contributed by atoms with Crippen molar-refractivity contribution in [3.8, 4) is 23.4 Å². The molecule has 272 valence electrons. The molecule has 1 unspecified atom stereocenters. The predicted octanol–water partition coefficient (Wildman–Crippen LogP) is 4.25. The first-order valence-electron chi connectivity index (χ1n) is 17.7. The largest absolute Gasteiger partial charge is 0.336 e. The number of aromatic amines is 1. The van der Waals surface area contributed by atoms with Gasteiger partial charge in [-0.1, -0.05) is 36.4 Å². The highest BCUT2D eigenvalue weighted by molar-refractivity contribution is 5.79. The Labute approximate surface area is 313 Å². The van der Waals surface area contributed by atoms with Crippen molar-refractivity contribution in [2.45, 2.75) is 12.6 Å². The van der Waals surface area contributed by atoms with Crippen molar-refractivity contribution in [3.05, 3.63) is 148 Å². The molecule has 3 aromatic carbocycles. The van der Waals surface area contributed by atoms with E-state index in [4.69, 9.17) is 15.0 Å². The van der Waals surface area contributed by atoms with Crippen LogP contribution in [0.3, 0.4) is 0 Å². The Morgan fingerprint density at radius 3 is 2.11 bits per heavy atom. The standard InChI is InChI=1S/C39H27FN14O2/c1-49-18-24-23(7-6-8-25(24)40)32(19-49)54-35-31(17-43-37(48-35)51-21-45-27-10-3-5-12-30(27)51)53(39(54)56)33-14-13-22(15-41-33)52-34-28(46-38(52)55)16-42-36(47-34)50-20-44-26-9-2-4-11-29(26)50/h2-17,20-21,32H,18-19H2,1H3,(H,46,55). The summed E-state index contributed by atoms with van der Waals surface area (Å²) < 4.78 is 23.2. The van der Waals surface area contributed by atoms with Gasteiger partial charge in [0, 0.05) is 18.7 Å². The summed E-state index contributed by atoms with van der Waals surface area (Å²) in [6.45, 7) is 0.825. The number of pyridine rings is 1. The van der Waals surface area contributed by atoms with E-state index in [9.17, 15) is 9.59 Å². The average molecular weight is 743 g/mol. The molecular formula is C39H27FN14O2. The number of H-pyrrole nitrogens is 1. The summed E-state index contributed by atoms with van der Waals surface area (Å²) in [5.74, 6) is 0.578. The molecule has 0 saturated carbocycles. The van der Waals surface area contributed by atoms with E-state index >= 15 is 4.39 Å². The highest BCUT2D eigenvalue weighted by Crippen LogP contribution is 2.32. The summed E-state index contributed by atoms with van der Waals surface area (Å²) in [4.78, 5) is 65.4. The molecule has 0 amide bonds. The van der Waals surface area contributed by atoms with E-state index in [1.165, 1.54) is 21.4 Å². The summed E-state index contributed by atoms with van der Waals surface area (Å²) in [6, 6.07) is 22.9. The highest BCUT2D eigenvalue weighted by Gasteiger charge is 2.32. The van der Waals surface area contributed by atoms with Crippen molar-refractivity contribution < 1.29 is 4.39 Å². The monoisotopic (exact) mass is 742 g/mol. The quantitative estimate of drug-likeness (QED) is 0.269. The third-order valence-electron chi connectivity index (χ3n) is 10.3. The molecule has 0 fully saturated rings. The van der Waals surface area contributed by atoms with Crippen LogP contribution < -0.4 is 11.4 Å². The van der Waals surface area contributed by atoms with Crippen LogP contribution in [0.5, 0.6) is 0 Å². The topological polar surface area (TPSA) is 168 Å². The third kappa shape index (κ3) is 4.70. The number of hydrogen-bond acceptors (Lipinski definition) is 10. The lowest BCUT2D eigenvalue weighted by molar-refractivity contribution is 0.259. The van der Waals surface area contributed by atoms with Crippen LogP contribution in [-0.4, -0.2) is 81.2 Å². The molecule has 1 aliphatic rings. The van der Waals surface area contributed by atoms with Crippen molar-refractivity contribution >= 4 is 44.4 Å². The Hall–Kier alpha value is -7.66. The van der Waals surface area contributed by atoms with Gasteiger partial charge in [0.25, 0.3) is 0 Å². The molecule has 0 bridgehead atoms. The second-order valence-corrected chi connectivity index (χ2v) is 13.6. The Morgan fingerprint density at radius 2 is 1.39 bits per heavy atom. The molecule has 16 nitrogen and oxygen atoms in total. The van der Waals surface area contributed by atoms with Crippen LogP contribution >= 0.6 is 0 Å². The Bertz CT molecular complexity index is 3320. The van der Waals surface area contributed by atoms with Gasteiger partial charge in [-0.05, 0) is 55.1 Å². The minimum Gasteiger partial charge on any atom is -0.303 e. The van der Waals surface area contributed by atoms with Gasteiger partial charge in [0.1, 0.15) is 35.3 Å². The molecule has 0 aliphatic carbocycles. The third-order valence-corrected chi connectivity index (χ3v) is 10.3. The molecule has 10 aromatic rings. The van der Waals surface area contributed by atoms with E-state index in [0.29, 0.717) is 64.1 Å². The van der Waals surface area contributed by atoms with Gasteiger partial charge in [-0.3, -0.25) is 18.6 Å². The number of nitrogens with zero attached hydrogens (tertiary/aromatic N) is 13. The van der Waals surface area contributed by atoms with Gasteiger partial charge in [0.05, 0.1) is 52.4 Å². The van der Waals surface area contributed by atoms with Gasteiger partial charge in [-0.2, -0.15) is 9.97 Å². The van der Waals surface area contributed by atoms with Gasteiger partial charge in [0.15, 0.2) is 11.3 Å². The van der Waals surface area contributed by atoms with E-state index in [0.717, 1.165) is 22.1 Å². The van der Waals surface area contributed by atoms with Gasteiger partial charge in [0.2, 0.25) is 11.9 Å². The maximum absolute atomic E-state index is 15.2.